The summed E-state index contributed by atoms with van der Waals surface area (Å²) in [5.41, 5.74) is 0.480. The number of fused-ring (bicyclic) bond motifs is 1. The molecule has 110 valence electrons. The second kappa shape index (κ2) is 5.24. The van der Waals surface area contributed by atoms with Crippen LogP contribution in [-0.2, 0) is 27.3 Å². The Morgan fingerprint density at radius 1 is 1.65 bits per heavy atom. The first kappa shape index (κ1) is 14.5. The van der Waals surface area contributed by atoms with Gasteiger partial charge in [-0.2, -0.15) is 0 Å². The van der Waals surface area contributed by atoms with Crippen LogP contribution in [0.1, 0.15) is 31.7 Å². The maximum atomic E-state index is 12.6. The van der Waals surface area contributed by atoms with Gasteiger partial charge in [0.05, 0.1) is 24.3 Å². The van der Waals surface area contributed by atoms with Gasteiger partial charge in [0, 0.05) is 13.5 Å². The highest BCUT2D eigenvalue weighted by Crippen LogP contribution is 2.26. The van der Waals surface area contributed by atoms with Crippen molar-refractivity contribution in [2.24, 2.45) is 0 Å². The lowest BCUT2D eigenvalue weighted by atomic mass is 9.96. The van der Waals surface area contributed by atoms with Gasteiger partial charge in [-0.05, 0) is 13.3 Å². The molecule has 0 saturated heterocycles. The molecule has 1 amide bonds. The van der Waals surface area contributed by atoms with Crippen LogP contribution >= 0.6 is 0 Å². The van der Waals surface area contributed by atoms with Gasteiger partial charge in [-0.15, -0.1) is 0 Å². The number of rotatable bonds is 4. The molecule has 1 aromatic rings. The molecule has 0 spiro atoms. The van der Waals surface area contributed by atoms with Crippen LogP contribution in [0.15, 0.2) is 6.33 Å². The van der Waals surface area contributed by atoms with Crippen molar-refractivity contribution in [3.8, 4) is 0 Å². The fourth-order valence-corrected chi connectivity index (χ4v) is 2.36. The molecule has 0 bridgehead atoms. The summed E-state index contributed by atoms with van der Waals surface area (Å²) >= 11 is 0. The molecule has 0 radical (unpaired) electrons. The largest absolute Gasteiger partial charge is 0.480 e. The highest BCUT2D eigenvalue weighted by molar-refractivity contribution is 5.89. The van der Waals surface area contributed by atoms with E-state index in [-0.39, 0.29) is 18.9 Å². The van der Waals surface area contributed by atoms with Crippen LogP contribution in [0.3, 0.4) is 0 Å². The molecule has 7 heteroatoms. The maximum absolute atomic E-state index is 12.6. The molecule has 0 fully saturated rings. The predicted octanol–water partition coefficient (Wildman–Crippen LogP) is 0.563. The third-order valence-electron chi connectivity index (χ3n) is 4.02. The number of nitrogens with one attached hydrogen (secondary N) is 1. The van der Waals surface area contributed by atoms with Crippen molar-refractivity contribution in [3.05, 3.63) is 17.7 Å². The lowest BCUT2D eigenvalue weighted by molar-refractivity contribution is -0.164. The Labute approximate surface area is 116 Å². The number of methoxy groups -OCH3 is 1. The molecule has 0 saturated carbocycles. The van der Waals surface area contributed by atoms with Gasteiger partial charge < -0.3 is 19.7 Å². The smallest absolute Gasteiger partial charge is 0.326 e. The number of imidazole rings is 1. The molecule has 20 heavy (non-hydrogen) atoms. The Kier molecular flexibility index (Phi) is 3.80. The van der Waals surface area contributed by atoms with Crippen molar-refractivity contribution in [1.29, 1.82) is 0 Å². The van der Waals surface area contributed by atoms with Crippen molar-refractivity contribution in [2.75, 3.05) is 7.11 Å². The number of aromatic nitrogens is 2. The highest BCUT2D eigenvalue weighted by Gasteiger charge is 2.43. The molecular formula is C13H19N3O4. The van der Waals surface area contributed by atoms with E-state index in [0.29, 0.717) is 12.1 Å². The van der Waals surface area contributed by atoms with E-state index in [9.17, 15) is 14.7 Å². The number of H-pyrrole nitrogens is 1. The van der Waals surface area contributed by atoms with Crippen molar-refractivity contribution in [3.63, 3.8) is 0 Å². The molecule has 2 atom stereocenters. The zero-order valence-electron chi connectivity index (χ0n) is 11.8. The van der Waals surface area contributed by atoms with Crippen molar-refractivity contribution in [1.82, 2.24) is 14.9 Å². The summed E-state index contributed by atoms with van der Waals surface area (Å²) in [6.07, 6.45) is 2.21. The molecule has 0 aliphatic carbocycles. The number of carboxylic acid groups (broad SMARTS) is 1. The molecule has 2 N–H and O–H groups in total. The Balaban J connectivity index is 2.33. The van der Waals surface area contributed by atoms with Crippen molar-refractivity contribution < 1.29 is 19.4 Å². The lowest BCUT2D eigenvalue weighted by Crippen LogP contribution is -2.56. The van der Waals surface area contributed by atoms with E-state index >= 15 is 0 Å². The topological polar surface area (TPSA) is 95.5 Å². The molecule has 1 aliphatic heterocycles. The molecule has 2 rings (SSSR count). The third-order valence-corrected chi connectivity index (χ3v) is 4.02. The van der Waals surface area contributed by atoms with Gasteiger partial charge >= 0.3 is 5.97 Å². The van der Waals surface area contributed by atoms with Crippen molar-refractivity contribution in [2.45, 2.75) is 44.9 Å². The zero-order chi connectivity index (χ0) is 14.9. The van der Waals surface area contributed by atoms with Gasteiger partial charge in [-0.25, -0.2) is 9.78 Å². The van der Waals surface area contributed by atoms with E-state index in [0.717, 1.165) is 5.69 Å². The average Bonchev–Trinajstić information content (AvgIpc) is 2.91. The van der Waals surface area contributed by atoms with Gasteiger partial charge in [0.1, 0.15) is 11.6 Å². The molecule has 1 aliphatic rings. The van der Waals surface area contributed by atoms with E-state index in [2.05, 4.69) is 9.97 Å². The van der Waals surface area contributed by atoms with Crippen LogP contribution in [0.25, 0.3) is 0 Å². The number of ether oxygens (including phenoxy) is 1. The van der Waals surface area contributed by atoms with Gasteiger partial charge in [0.25, 0.3) is 5.91 Å². The monoisotopic (exact) mass is 281 g/mol. The second-order valence-electron chi connectivity index (χ2n) is 5.11. The summed E-state index contributed by atoms with van der Waals surface area (Å²) in [6.45, 7) is 3.73. The van der Waals surface area contributed by atoms with Gasteiger partial charge in [-0.1, -0.05) is 6.92 Å². The minimum atomic E-state index is -1.03. The quantitative estimate of drug-likeness (QED) is 0.841. The highest BCUT2D eigenvalue weighted by atomic mass is 16.5. The van der Waals surface area contributed by atoms with Crippen LogP contribution in [0.2, 0.25) is 0 Å². The Morgan fingerprint density at radius 3 is 2.90 bits per heavy atom. The van der Waals surface area contributed by atoms with E-state index in [1.54, 1.807) is 6.92 Å². The van der Waals surface area contributed by atoms with Crippen LogP contribution in [0.4, 0.5) is 0 Å². The number of hydrogen-bond donors (Lipinski definition) is 2. The lowest BCUT2D eigenvalue weighted by Gasteiger charge is -2.38. The van der Waals surface area contributed by atoms with E-state index in [1.165, 1.54) is 18.3 Å². The standard InChI is InChI=1S/C13H19N3O4/c1-4-13(2,20-3)12(19)16-6-9-8(14-7-15-9)5-10(16)11(17)18/h7,10H,4-6H2,1-3H3,(H,14,15)(H,17,18). The molecule has 2 heterocycles. The number of carbonyl (C=O) groups excluding carboxylic acids is 1. The number of amides is 1. The third kappa shape index (κ3) is 2.29. The van der Waals surface area contributed by atoms with E-state index in [1.807, 2.05) is 6.92 Å². The predicted molar refractivity (Wildman–Crippen MR) is 70.0 cm³/mol. The molecule has 1 aromatic heterocycles. The van der Waals surface area contributed by atoms with Crippen molar-refractivity contribution >= 4 is 11.9 Å². The van der Waals surface area contributed by atoms with E-state index < -0.39 is 17.6 Å². The van der Waals surface area contributed by atoms with Crippen LogP contribution < -0.4 is 0 Å². The van der Waals surface area contributed by atoms with Gasteiger partial charge in [0.15, 0.2) is 0 Å². The first-order valence-electron chi connectivity index (χ1n) is 6.53. The summed E-state index contributed by atoms with van der Waals surface area (Å²) in [5, 5.41) is 9.36. The molecule has 7 nitrogen and oxygen atoms in total. The fourth-order valence-electron chi connectivity index (χ4n) is 2.36. The number of carboxylic acids is 1. The second-order valence-corrected chi connectivity index (χ2v) is 5.11. The number of hydrogen-bond acceptors (Lipinski definition) is 4. The number of aliphatic carboxylic acids is 1. The minimum absolute atomic E-state index is 0.212. The SMILES string of the molecule is CCC(C)(OC)C(=O)N1Cc2[nH]cnc2CC1C(=O)O. The summed E-state index contributed by atoms with van der Waals surface area (Å²) in [6, 6.07) is -0.903. The molecular weight excluding hydrogens is 262 g/mol. The minimum Gasteiger partial charge on any atom is -0.480 e. The number of aromatic amines is 1. The number of carbonyl (C=O) groups is 2. The summed E-state index contributed by atoms with van der Waals surface area (Å²) in [7, 11) is 1.46. The van der Waals surface area contributed by atoms with Crippen LogP contribution in [0.5, 0.6) is 0 Å². The Hall–Kier alpha value is -1.89. The average molecular weight is 281 g/mol. The van der Waals surface area contributed by atoms with Gasteiger partial charge in [0.2, 0.25) is 0 Å². The normalized spacial score (nSPS) is 21.1. The van der Waals surface area contributed by atoms with Crippen LogP contribution in [-0.4, -0.2) is 50.6 Å². The zero-order valence-corrected chi connectivity index (χ0v) is 11.8. The van der Waals surface area contributed by atoms with E-state index in [4.69, 9.17) is 4.74 Å². The first-order chi connectivity index (χ1) is 9.42. The first-order valence-corrected chi connectivity index (χ1v) is 6.53. The maximum Gasteiger partial charge on any atom is 0.326 e. The van der Waals surface area contributed by atoms with Gasteiger partial charge in [-0.3, -0.25) is 4.79 Å². The Morgan fingerprint density at radius 2 is 2.35 bits per heavy atom. The summed E-state index contributed by atoms with van der Waals surface area (Å²) < 4.78 is 5.29. The Bertz CT molecular complexity index is 521. The van der Waals surface area contributed by atoms with Crippen LogP contribution in [0, 0.1) is 0 Å². The summed E-state index contributed by atoms with van der Waals surface area (Å²) in [5.74, 6) is -1.34. The molecule has 2 unspecified atom stereocenters. The summed E-state index contributed by atoms with van der Waals surface area (Å²) in [4.78, 5) is 32.5. The number of nitrogens with zero attached hydrogens (tertiary/aromatic N) is 2. The fraction of sp³-hybridized carbons (Fsp3) is 0.615. The molecule has 0 aromatic carbocycles.